The molecule has 9 heteroatoms. The Morgan fingerprint density at radius 2 is 1.70 bits per heavy atom. The predicted octanol–water partition coefficient (Wildman–Crippen LogP) is 2.45. The molecule has 2 saturated heterocycles. The number of amides is 3. The first-order valence-electron chi connectivity index (χ1n) is 12.9. The van der Waals surface area contributed by atoms with Gasteiger partial charge in [-0.1, -0.05) is 12.1 Å². The second-order valence-corrected chi connectivity index (χ2v) is 10.0. The Kier molecular flexibility index (Phi) is 8.76. The van der Waals surface area contributed by atoms with E-state index in [0.29, 0.717) is 22.7 Å². The molecule has 4 rings (SSSR count). The normalized spacial score (nSPS) is 18.5. The van der Waals surface area contributed by atoms with Crippen LogP contribution < -0.4 is 15.5 Å². The fraction of sp³-hybridized carbons (Fsp3) is 0.464. The first kappa shape index (κ1) is 26.6. The van der Waals surface area contributed by atoms with Gasteiger partial charge >= 0.3 is 0 Å². The van der Waals surface area contributed by atoms with Crippen LogP contribution in [0.5, 0.6) is 0 Å². The molecule has 198 valence electrons. The highest BCUT2D eigenvalue weighted by Crippen LogP contribution is 2.25. The Labute approximate surface area is 217 Å². The van der Waals surface area contributed by atoms with Crippen LogP contribution in [0.2, 0.25) is 0 Å². The van der Waals surface area contributed by atoms with E-state index in [1.807, 2.05) is 24.3 Å². The molecule has 2 fully saturated rings. The van der Waals surface area contributed by atoms with Crippen molar-refractivity contribution in [3.63, 3.8) is 0 Å². The van der Waals surface area contributed by atoms with Gasteiger partial charge in [0.25, 0.3) is 11.8 Å². The second kappa shape index (κ2) is 12.2. The van der Waals surface area contributed by atoms with E-state index in [0.717, 1.165) is 51.1 Å². The van der Waals surface area contributed by atoms with E-state index in [1.165, 1.54) is 6.07 Å². The Hall–Kier alpha value is -3.46. The maximum atomic E-state index is 12.8. The number of likely N-dealkylation sites (tertiary alicyclic amines) is 1. The monoisotopic (exact) mass is 509 g/mol. The summed E-state index contributed by atoms with van der Waals surface area (Å²) in [6, 6.07) is 14.7. The number of piperidine rings is 1. The number of hydrogen-bond donors (Lipinski definition) is 2. The van der Waals surface area contributed by atoms with Gasteiger partial charge in [-0.2, -0.15) is 0 Å². The topological polar surface area (TPSA) is 85.0 Å². The molecule has 0 aliphatic carbocycles. The standard InChI is InChI=1S/C28H36FN5O3/c1-32(2)28(37)21-6-8-24(9-7-21)33-14-11-25(12-15-33)34-13-10-23(19-34)31-26(35)18-30-27(36)22-5-3-4-20(16-22)17-29/h3-9,16,23,25H,10-15,17-19H2,1-2H3,(H,30,36)(H,31,35)/t23-/m1/s1. The molecule has 2 aliphatic rings. The molecule has 2 N–H and O–H groups in total. The molecule has 3 amide bonds. The predicted molar refractivity (Wildman–Crippen MR) is 141 cm³/mol. The molecule has 37 heavy (non-hydrogen) atoms. The van der Waals surface area contributed by atoms with Crippen molar-refractivity contribution in [2.24, 2.45) is 0 Å². The number of carbonyl (C=O) groups is 3. The van der Waals surface area contributed by atoms with Crippen molar-refractivity contribution < 1.29 is 18.8 Å². The lowest BCUT2D eigenvalue weighted by atomic mass is 10.0. The van der Waals surface area contributed by atoms with E-state index < -0.39 is 6.67 Å². The molecule has 8 nitrogen and oxygen atoms in total. The molecule has 1 atom stereocenters. The van der Waals surface area contributed by atoms with Crippen molar-refractivity contribution in [2.45, 2.75) is 38.0 Å². The van der Waals surface area contributed by atoms with Gasteiger partial charge in [0.15, 0.2) is 0 Å². The van der Waals surface area contributed by atoms with Crippen LogP contribution in [0.25, 0.3) is 0 Å². The third-order valence-electron chi connectivity index (χ3n) is 7.20. The van der Waals surface area contributed by atoms with Crippen LogP contribution in [0.4, 0.5) is 10.1 Å². The van der Waals surface area contributed by atoms with E-state index >= 15 is 0 Å². The van der Waals surface area contributed by atoms with E-state index in [4.69, 9.17) is 0 Å². The smallest absolute Gasteiger partial charge is 0.253 e. The molecule has 0 bridgehead atoms. The lowest BCUT2D eigenvalue weighted by Gasteiger charge is -2.38. The van der Waals surface area contributed by atoms with Gasteiger partial charge in [-0.15, -0.1) is 0 Å². The molecular weight excluding hydrogens is 473 g/mol. The lowest BCUT2D eigenvalue weighted by molar-refractivity contribution is -0.120. The van der Waals surface area contributed by atoms with Crippen molar-refractivity contribution in [2.75, 3.05) is 51.7 Å². The number of nitrogens with zero attached hydrogens (tertiary/aromatic N) is 3. The summed E-state index contributed by atoms with van der Waals surface area (Å²) >= 11 is 0. The molecule has 0 aromatic heterocycles. The highest BCUT2D eigenvalue weighted by Gasteiger charge is 2.31. The van der Waals surface area contributed by atoms with E-state index in [2.05, 4.69) is 20.4 Å². The van der Waals surface area contributed by atoms with Crippen molar-refractivity contribution in [1.82, 2.24) is 20.4 Å². The number of alkyl halides is 1. The maximum Gasteiger partial charge on any atom is 0.253 e. The Morgan fingerprint density at radius 1 is 0.973 bits per heavy atom. The van der Waals surface area contributed by atoms with Crippen LogP contribution in [-0.4, -0.2) is 86.4 Å². The first-order chi connectivity index (χ1) is 17.8. The second-order valence-electron chi connectivity index (χ2n) is 10.0. The molecular formula is C28H36FN5O3. The number of hydrogen-bond acceptors (Lipinski definition) is 5. The number of halogens is 1. The molecule has 0 unspecified atom stereocenters. The van der Waals surface area contributed by atoms with E-state index in [9.17, 15) is 18.8 Å². The fourth-order valence-corrected chi connectivity index (χ4v) is 5.14. The van der Waals surface area contributed by atoms with Crippen molar-refractivity contribution in [3.05, 3.63) is 65.2 Å². The zero-order valence-corrected chi connectivity index (χ0v) is 21.6. The van der Waals surface area contributed by atoms with E-state index in [-0.39, 0.29) is 30.3 Å². The van der Waals surface area contributed by atoms with Crippen LogP contribution in [-0.2, 0) is 11.5 Å². The minimum absolute atomic E-state index is 0.00619. The summed E-state index contributed by atoms with van der Waals surface area (Å²) in [4.78, 5) is 43.2. The van der Waals surface area contributed by atoms with Gasteiger partial charge in [-0.3, -0.25) is 19.3 Å². The third kappa shape index (κ3) is 6.85. The summed E-state index contributed by atoms with van der Waals surface area (Å²) in [5, 5.41) is 5.66. The van der Waals surface area contributed by atoms with Crippen LogP contribution in [0.3, 0.4) is 0 Å². The number of carbonyl (C=O) groups excluding carboxylic acids is 3. The zero-order chi connectivity index (χ0) is 26.4. The first-order valence-corrected chi connectivity index (χ1v) is 12.9. The summed E-state index contributed by atoms with van der Waals surface area (Å²) in [7, 11) is 3.51. The third-order valence-corrected chi connectivity index (χ3v) is 7.20. The summed E-state index contributed by atoms with van der Waals surface area (Å²) < 4.78 is 12.8. The average molecular weight is 510 g/mol. The Morgan fingerprint density at radius 3 is 2.38 bits per heavy atom. The zero-order valence-electron chi connectivity index (χ0n) is 21.6. The quantitative estimate of drug-likeness (QED) is 0.571. The Bertz CT molecular complexity index is 1100. The van der Waals surface area contributed by atoms with Crippen molar-refractivity contribution >= 4 is 23.4 Å². The molecule has 0 spiro atoms. The summed E-state index contributed by atoms with van der Waals surface area (Å²) in [6.07, 6.45) is 2.99. The van der Waals surface area contributed by atoms with Gasteiger partial charge in [-0.05, 0) is 61.2 Å². The van der Waals surface area contributed by atoms with Crippen LogP contribution in [0, 0.1) is 0 Å². The molecule has 0 saturated carbocycles. The maximum absolute atomic E-state index is 12.8. The van der Waals surface area contributed by atoms with Gasteiger partial charge < -0.3 is 20.4 Å². The highest BCUT2D eigenvalue weighted by atomic mass is 19.1. The molecule has 2 aromatic carbocycles. The van der Waals surface area contributed by atoms with E-state index in [1.54, 1.807) is 37.2 Å². The minimum Gasteiger partial charge on any atom is -0.371 e. The van der Waals surface area contributed by atoms with Gasteiger partial charge in [-0.25, -0.2) is 4.39 Å². The SMILES string of the molecule is CN(C)C(=O)c1ccc(N2CCC(N3CC[C@@H](NC(=O)CNC(=O)c4cccc(CF)c4)C3)CC2)cc1. The van der Waals surface area contributed by atoms with Gasteiger partial charge in [0.05, 0.1) is 6.54 Å². The number of nitrogens with one attached hydrogen (secondary N) is 2. The van der Waals surface area contributed by atoms with Crippen LogP contribution >= 0.6 is 0 Å². The minimum atomic E-state index is -0.634. The average Bonchev–Trinajstić information content (AvgIpc) is 3.39. The summed E-state index contributed by atoms with van der Waals surface area (Å²) in [6.45, 7) is 2.92. The fourth-order valence-electron chi connectivity index (χ4n) is 5.14. The number of benzene rings is 2. The largest absolute Gasteiger partial charge is 0.371 e. The summed E-state index contributed by atoms with van der Waals surface area (Å²) in [5.41, 5.74) is 2.61. The van der Waals surface area contributed by atoms with Crippen molar-refractivity contribution in [1.29, 1.82) is 0 Å². The van der Waals surface area contributed by atoms with Crippen molar-refractivity contribution in [3.8, 4) is 0 Å². The molecule has 2 aliphatic heterocycles. The summed E-state index contributed by atoms with van der Waals surface area (Å²) in [5.74, 6) is -0.594. The molecule has 2 aromatic rings. The van der Waals surface area contributed by atoms with Gasteiger partial charge in [0.2, 0.25) is 5.91 Å². The lowest BCUT2D eigenvalue weighted by Crippen LogP contribution is -2.46. The Balaban J connectivity index is 1.18. The highest BCUT2D eigenvalue weighted by molar-refractivity contribution is 5.96. The van der Waals surface area contributed by atoms with Crippen LogP contribution in [0.1, 0.15) is 45.5 Å². The van der Waals surface area contributed by atoms with Crippen LogP contribution in [0.15, 0.2) is 48.5 Å². The molecule has 2 heterocycles. The molecule has 0 radical (unpaired) electrons. The number of rotatable bonds is 8. The van der Waals surface area contributed by atoms with Gasteiger partial charge in [0.1, 0.15) is 6.67 Å². The van der Waals surface area contributed by atoms with Gasteiger partial charge in [0, 0.05) is 69.2 Å². The number of anilines is 1.